The topological polar surface area (TPSA) is 34.1 Å². The maximum atomic E-state index is 5.81. The van der Waals surface area contributed by atoms with Crippen molar-refractivity contribution in [2.45, 2.75) is 20.4 Å². The Morgan fingerprint density at radius 2 is 2.16 bits per heavy atom. The molecule has 0 fully saturated rings. The second kappa shape index (κ2) is 6.78. The molecule has 0 saturated carbocycles. The molecule has 1 aromatic heterocycles. The molecule has 2 rings (SSSR count). The summed E-state index contributed by atoms with van der Waals surface area (Å²) >= 11 is 7.30. The van der Waals surface area contributed by atoms with Crippen LogP contribution in [0.15, 0.2) is 30.5 Å². The van der Waals surface area contributed by atoms with Gasteiger partial charge in [-0.25, -0.2) is 4.98 Å². The molecule has 0 aliphatic carbocycles. The first-order valence-electron chi connectivity index (χ1n) is 6.21. The molecule has 0 amide bonds. The maximum Gasteiger partial charge on any atom is 0.183 e. The van der Waals surface area contributed by atoms with E-state index in [-0.39, 0.29) is 0 Å². The van der Waals surface area contributed by atoms with E-state index in [1.807, 2.05) is 24.3 Å². The Labute approximate surface area is 122 Å². The molecule has 0 saturated heterocycles. The standard InChI is InChI=1S/C14H17ClN2OS/c1-10(2)9-18-13-6-4-3-5-12(13)16-7-11-8-17-14(15)19-11/h3-6,8,10,16H,7,9H2,1-2H3. The zero-order valence-corrected chi connectivity index (χ0v) is 12.6. The summed E-state index contributed by atoms with van der Waals surface area (Å²) in [6, 6.07) is 7.96. The highest BCUT2D eigenvalue weighted by Gasteiger charge is 2.05. The van der Waals surface area contributed by atoms with Gasteiger partial charge in [-0.1, -0.05) is 37.6 Å². The van der Waals surface area contributed by atoms with E-state index in [1.165, 1.54) is 11.3 Å². The van der Waals surface area contributed by atoms with Crippen molar-refractivity contribution in [2.75, 3.05) is 11.9 Å². The van der Waals surface area contributed by atoms with Crippen molar-refractivity contribution in [3.8, 4) is 5.75 Å². The zero-order chi connectivity index (χ0) is 13.7. The Morgan fingerprint density at radius 3 is 2.84 bits per heavy atom. The van der Waals surface area contributed by atoms with Crippen LogP contribution in [0.5, 0.6) is 5.75 Å². The number of halogens is 1. The van der Waals surface area contributed by atoms with Crippen molar-refractivity contribution in [1.29, 1.82) is 0 Å². The smallest absolute Gasteiger partial charge is 0.183 e. The Morgan fingerprint density at radius 1 is 1.37 bits per heavy atom. The van der Waals surface area contributed by atoms with Crippen LogP contribution in [0.3, 0.4) is 0 Å². The second-order valence-corrected chi connectivity index (χ2v) is 6.33. The van der Waals surface area contributed by atoms with Crippen molar-refractivity contribution < 1.29 is 4.74 Å². The van der Waals surface area contributed by atoms with Gasteiger partial charge in [0.15, 0.2) is 4.47 Å². The molecule has 0 unspecified atom stereocenters. The fourth-order valence-electron chi connectivity index (χ4n) is 1.54. The monoisotopic (exact) mass is 296 g/mol. The van der Waals surface area contributed by atoms with Gasteiger partial charge in [0.2, 0.25) is 0 Å². The molecule has 0 aliphatic rings. The number of anilines is 1. The number of aromatic nitrogens is 1. The van der Waals surface area contributed by atoms with Gasteiger partial charge in [-0.05, 0) is 18.1 Å². The molecule has 0 aliphatic heterocycles. The largest absolute Gasteiger partial charge is 0.491 e. The molecule has 2 aromatic rings. The molecule has 0 radical (unpaired) electrons. The summed E-state index contributed by atoms with van der Waals surface area (Å²) in [6.45, 7) is 5.68. The number of rotatable bonds is 6. The van der Waals surface area contributed by atoms with Crippen LogP contribution < -0.4 is 10.1 Å². The number of hydrogen-bond donors (Lipinski definition) is 1. The normalized spacial score (nSPS) is 10.7. The van der Waals surface area contributed by atoms with E-state index in [9.17, 15) is 0 Å². The Kier molecular flexibility index (Phi) is 5.05. The fraction of sp³-hybridized carbons (Fsp3) is 0.357. The minimum atomic E-state index is 0.508. The third kappa shape index (κ3) is 4.40. The summed E-state index contributed by atoms with van der Waals surface area (Å²) in [4.78, 5) is 5.12. The minimum absolute atomic E-state index is 0.508. The van der Waals surface area contributed by atoms with E-state index in [4.69, 9.17) is 16.3 Å². The highest BCUT2D eigenvalue weighted by molar-refractivity contribution is 7.15. The molecule has 5 heteroatoms. The molecule has 19 heavy (non-hydrogen) atoms. The highest BCUT2D eigenvalue weighted by Crippen LogP contribution is 2.26. The molecular formula is C14H17ClN2OS. The lowest BCUT2D eigenvalue weighted by atomic mass is 10.2. The summed E-state index contributed by atoms with van der Waals surface area (Å²) in [6.07, 6.45) is 1.79. The van der Waals surface area contributed by atoms with E-state index in [0.717, 1.165) is 16.3 Å². The van der Waals surface area contributed by atoms with E-state index in [2.05, 4.69) is 24.1 Å². The van der Waals surface area contributed by atoms with Crippen molar-refractivity contribution >= 4 is 28.6 Å². The van der Waals surface area contributed by atoms with Crippen molar-refractivity contribution in [2.24, 2.45) is 5.92 Å². The molecule has 102 valence electrons. The maximum absolute atomic E-state index is 5.81. The van der Waals surface area contributed by atoms with Gasteiger partial charge in [0.1, 0.15) is 5.75 Å². The zero-order valence-electron chi connectivity index (χ0n) is 11.0. The van der Waals surface area contributed by atoms with Crippen LogP contribution in [0.25, 0.3) is 0 Å². The molecule has 1 heterocycles. The average Bonchev–Trinajstić information content (AvgIpc) is 2.80. The number of hydrogen-bond acceptors (Lipinski definition) is 4. The number of nitrogens with zero attached hydrogens (tertiary/aromatic N) is 1. The molecule has 0 bridgehead atoms. The van der Waals surface area contributed by atoms with Crippen molar-refractivity contribution in [1.82, 2.24) is 4.98 Å². The van der Waals surface area contributed by atoms with Crippen LogP contribution >= 0.6 is 22.9 Å². The number of ether oxygens (including phenoxy) is 1. The molecule has 3 nitrogen and oxygen atoms in total. The summed E-state index contributed by atoms with van der Waals surface area (Å²) < 4.78 is 6.36. The van der Waals surface area contributed by atoms with Crippen LogP contribution in [0.4, 0.5) is 5.69 Å². The minimum Gasteiger partial charge on any atom is -0.491 e. The Balaban J connectivity index is 1.99. The molecule has 0 spiro atoms. The van der Waals surface area contributed by atoms with Crippen LogP contribution in [0.1, 0.15) is 18.7 Å². The third-order valence-corrected chi connectivity index (χ3v) is 3.55. The second-order valence-electron chi connectivity index (χ2n) is 4.63. The number of thiazole rings is 1. The molecular weight excluding hydrogens is 280 g/mol. The van der Waals surface area contributed by atoms with Gasteiger partial charge in [0, 0.05) is 11.1 Å². The SMILES string of the molecule is CC(C)COc1ccccc1NCc1cnc(Cl)s1. The van der Waals surface area contributed by atoms with E-state index >= 15 is 0 Å². The molecule has 1 aromatic carbocycles. The molecule has 0 atom stereocenters. The summed E-state index contributed by atoms with van der Waals surface area (Å²) in [7, 11) is 0. The lowest BCUT2D eigenvalue weighted by Gasteiger charge is -2.13. The van der Waals surface area contributed by atoms with Crippen molar-refractivity contribution in [3.05, 3.63) is 39.8 Å². The predicted octanol–water partition coefficient (Wildman–Crippen LogP) is 4.44. The fourth-order valence-corrected chi connectivity index (χ4v) is 2.46. The van der Waals surface area contributed by atoms with Gasteiger partial charge >= 0.3 is 0 Å². The summed E-state index contributed by atoms with van der Waals surface area (Å²) in [5.41, 5.74) is 0.993. The van der Waals surface area contributed by atoms with Gasteiger partial charge < -0.3 is 10.1 Å². The lowest BCUT2D eigenvalue weighted by Crippen LogP contribution is -2.07. The van der Waals surface area contributed by atoms with E-state index in [1.54, 1.807) is 6.20 Å². The number of nitrogens with one attached hydrogen (secondary N) is 1. The number of para-hydroxylation sites is 2. The quantitative estimate of drug-likeness (QED) is 0.855. The highest BCUT2D eigenvalue weighted by atomic mass is 35.5. The van der Waals surface area contributed by atoms with Crippen LogP contribution in [0.2, 0.25) is 4.47 Å². The van der Waals surface area contributed by atoms with Crippen LogP contribution in [-0.2, 0) is 6.54 Å². The first-order valence-corrected chi connectivity index (χ1v) is 7.40. The van der Waals surface area contributed by atoms with Gasteiger partial charge in [-0.15, -0.1) is 11.3 Å². The Bertz CT molecular complexity index is 528. The van der Waals surface area contributed by atoms with E-state index in [0.29, 0.717) is 23.5 Å². The lowest BCUT2D eigenvalue weighted by molar-refractivity contribution is 0.272. The van der Waals surface area contributed by atoms with Gasteiger partial charge in [0.05, 0.1) is 18.8 Å². The van der Waals surface area contributed by atoms with Gasteiger partial charge in [0.25, 0.3) is 0 Å². The summed E-state index contributed by atoms with van der Waals surface area (Å²) in [5.74, 6) is 1.39. The Hall–Kier alpha value is -1.26. The predicted molar refractivity (Wildman–Crippen MR) is 81.2 cm³/mol. The van der Waals surface area contributed by atoms with Crippen molar-refractivity contribution in [3.63, 3.8) is 0 Å². The van der Waals surface area contributed by atoms with Crippen LogP contribution in [-0.4, -0.2) is 11.6 Å². The van der Waals surface area contributed by atoms with Crippen LogP contribution in [0, 0.1) is 5.92 Å². The first-order chi connectivity index (χ1) is 9.15. The molecule has 1 N–H and O–H groups in total. The summed E-state index contributed by atoms with van der Waals surface area (Å²) in [5, 5.41) is 3.35. The average molecular weight is 297 g/mol. The van der Waals surface area contributed by atoms with E-state index < -0.39 is 0 Å². The van der Waals surface area contributed by atoms with Gasteiger partial charge in [-0.2, -0.15) is 0 Å². The third-order valence-electron chi connectivity index (χ3n) is 2.44. The number of benzene rings is 1. The van der Waals surface area contributed by atoms with Gasteiger partial charge in [-0.3, -0.25) is 0 Å². The first kappa shape index (κ1) is 14.2.